The molecule has 0 bridgehead atoms. The molecule has 3 heterocycles. The minimum absolute atomic E-state index is 0.0883. The van der Waals surface area contributed by atoms with Gasteiger partial charge in [-0.15, -0.1) is 0 Å². The number of nitrogens with zero attached hydrogens (tertiary/aromatic N) is 5. The van der Waals surface area contributed by atoms with Crippen molar-refractivity contribution in [3.63, 3.8) is 0 Å². The Hall–Kier alpha value is -3.66. The molecule has 37 heavy (non-hydrogen) atoms. The zero-order valence-corrected chi connectivity index (χ0v) is 21.7. The van der Waals surface area contributed by atoms with Crippen LogP contribution in [0, 0.1) is 12.8 Å². The normalized spacial score (nSPS) is 16.6. The van der Waals surface area contributed by atoms with E-state index >= 15 is 0 Å². The molecule has 1 unspecified atom stereocenters. The van der Waals surface area contributed by atoms with Gasteiger partial charge in [0.15, 0.2) is 5.69 Å². The molecule has 1 amide bonds. The number of pyridine rings is 1. The van der Waals surface area contributed by atoms with Gasteiger partial charge in [-0.1, -0.05) is 17.7 Å². The SMILES string of the molecule is Cc1cc(C(C)Nc2ccc(Cl)nc2C(=O)O)c2nc(N3CCN(C(=O)C4CC4)CC3)n(C)c(=O)c2c1. The number of rotatable bonds is 6. The number of anilines is 2. The summed E-state index contributed by atoms with van der Waals surface area (Å²) in [7, 11) is 1.72. The molecule has 10 nitrogen and oxygen atoms in total. The largest absolute Gasteiger partial charge is 0.476 e. The molecule has 3 aromatic rings. The van der Waals surface area contributed by atoms with Crippen molar-refractivity contribution in [2.45, 2.75) is 32.7 Å². The summed E-state index contributed by atoms with van der Waals surface area (Å²) in [4.78, 5) is 50.5. The monoisotopic (exact) mass is 524 g/mol. The third-order valence-electron chi connectivity index (χ3n) is 7.03. The topological polar surface area (TPSA) is 121 Å². The second-order valence-corrected chi connectivity index (χ2v) is 10.2. The number of carbonyl (C=O) groups is 2. The molecule has 1 aliphatic carbocycles. The van der Waals surface area contributed by atoms with E-state index in [0.29, 0.717) is 48.7 Å². The summed E-state index contributed by atoms with van der Waals surface area (Å²) in [5, 5.41) is 13.4. The van der Waals surface area contributed by atoms with Gasteiger partial charge in [0.25, 0.3) is 5.56 Å². The summed E-state index contributed by atoms with van der Waals surface area (Å²) in [6, 6.07) is 6.49. The number of aromatic nitrogens is 3. The Labute approximate surface area is 218 Å². The van der Waals surface area contributed by atoms with Crippen LogP contribution in [-0.4, -0.2) is 62.6 Å². The van der Waals surface area contributed by atoms with Crippen LogP contribution < -0.4 is 15.8 Å². The maximum Gasteiger partial charge on any atom is 0.356 e. The van der Waals surface area contributed by atoms with Gasteiger partial charge in [-0.25, -0.2) is 14.8 Å². The lowest BCUT2D eigenvalue weighted by Gasteiger charge is -2.36. The van der Waals surface area contributed by atoms with E-state index in [9.17, 15) is 19.5 Å². The van der Waals surface area contributed by atoms with Crippen LogP contribution >= 0.6 is 11.6 Å². The number of aromatic carboxylic acids is 1. The Bertz CT molecular complexity index is 1460. The van der Waals surface area contributed by atoms with Crippen molar-refractivity contribution in [3.8, 4) is 0 Å². The number of hydrogen-bond donors (Lipinski definition) is 2. The number of aryl methyl sites for hydroxylation is 1. The van der Waals surface area contributed by atoms with Crippen molar-refractivity contribution in [3.05, 3.63) is 56.6 Å². The zero-order chi connectivity index (χ0) is 26.4. The van der Waals surface area contributed by atoms with Gasteiger partial charge in [-0.05, 0) is 50.5 Å². The lowest BCUT2D eigenvalue weighted by Crippen LogP contribution is -2.50. The average Bonchev–Trinajstić information content (AvgIpc) is 3.72. The van der Waals surface area contributed by atoms with E-state index in [1.54, 1.807) is 17.7 Å². The second-order valence-electron chi connectivity index (χ2n) is 9.81. The first kappa shape index (κ1) is 25.0. The Morgan fingerprint density at radius 3 is 2.49 bits per heavy atom. The van der Waals surface area contributed by atoms with Crippen LogP contribution in [-0.2, 0) is 11.8 Å². The first-order valence-corrected chi connectivity index (χ1v) is 12.7. The molecule has 2 N–H and O–H groups in total. The number of nitrogens with one attached hydrogen (secondary N) is 1. The lowest BCUT2D eigenvalue weighted by molar-refractivity contribution is -0.132. The van der Waals surface area contributed by atoms with Gasteiger partial charge in [0.05, 0.1) is 22.6 Å². The number of fused-ring (bicyclic) bond motifs is 1. The maximum absolute atomic E-state index is 13.4. The molecule has 1 aliphatic heterocycles. The van der Waals surface area contributed by atoms with E-state index < -0.39 is 5.97 Å². The van der Waals surface area contributed by atoms with Gasteiger partial charge in [0.2, 0.25) is 11.9 Å². The van der Waals surface area contributed by atoms with Crippen LogP contribution in [0.5, 0.6) is 0 Å². The summed E-state index contributed by atoms with van der Waals surface area (Å²) in [5.74, 6) is -0.227. The van der Waals surface area contributed by atoms with E-state index in [0.717, 1.165) is 24.0 Å². The van der Waals surface area contributed by atoms with E-state index in [-0.39, 0.29) is 34.3 Å². The zero-order valence-electron chi connectivity index (χ0n) is 21.0. The quantitative estimate of drug-likeness (QED) is 0.471. The molecule has 2 fully saturated rings. The van der Waals surface area contributed by atoms with Crippen molar-refractivity contribution in [2.24, 2.45) is 13.0 Å². The van der Waals surface area contributed by atoms with E-state index in [1.165, 1.54) is 6.07 Å². The maximum atomic E-state index is 13.4. The number of carbonyl (C=O) groups excluding carboxylic acids is 1. The van der Waals surface area contributed by atoms with Gasteiger partial charge in [0.1, 0.15) is 5.15 Å². The van der Waals surface area contributed by atoms with Crippen molar-refractivity contribution in [2.75, 3.05) is 36.4 Å². The van der Waals surface area contributed by atoms with Gasteiger partial charge in [0, 0.05) is 44.7 Å². The molecule has 1 saturated heterocycles. The Morgan fingerprint density at radius 2 is 1.84 bits per heavy atom. The molecule has 5 rings (SSSR count). The van der Waals surface area contributed by atoms with Gasteiger partial charge >= 0.3 is 5.97 Å². The second kappa shape index (κ2) is 9.66. The standard InChI is InChI=1S/C26H29ClN6O4/c1-14-12-17(15(2)28-19-6-7-20(27)29-22(19)25(36)37)21-18(13-14)24(35)31(3)26(30-21)33-10-8-32(9-11-33)23(34)16-4-5-16/h6-7,12-13,15-16,28H,4-5,8-11H2,1-3H3,(H,36,37). The van der Waals surface area contributed by atoms with Crippen molar-refractivity contribution >= 4 is 46.0 Å². The van der Waals surface area contributed by atoms with E-state index in [1.807, 2.05) is 35.8 Å². The molecule has 11 heteroatoms. The fourth-order valence-electron chi connectivity index (χ4n) is 4.90. The Balaban J connectivity index is 1.50. The summed E-state index contributed by atoms with van der Waals surface area (Å²) >= 11 is 5.91. The number of piperazine rings is 1. The molecular weight excluding hydrogens is 496 g/mol. The van der Waals surface area contributed by atoms with Crippen molar-refractivity contribution < 1.29 is 14.7 Å². The molecule has 2 aromatic heterocycles. The van der Waals surface area contributed by atoms with E-state index in [4.69, 9.17) is 16.6 Å². The number of benzene rings is 1. The molecule has 0 radical (unpaired) electrons. The minimum atomic E-state index is -1.19. The molecule has 1 saturated carbocycles. The fourth-order valence-corrected chi connectivity index (χ4v) is 5.04. The highest BCUT2D eigenvalue weighted by molar-refractivity contribution is 6.29. The summed E-state index contributed by atoms with van der Waals surface area (Å²) in [6.07, 6.45) is 1.96. The molecular formula is C26H29ClN6O4. The molecule has 2 aliphatic rings. The third kappa shape index (κ3) is 4.85. The fraction of sp³-hybridized carbons (Fsp3) is 0.423. The van der Waals surface area contributed by atoms with Gasteiger partial charge < -0.3 is 20.2 Å². The number of amides is 1. The molecule has 194 valence electrons. The van der Waals surface area contributed by atoms with Crippen molar-refractivity contribution in [1.29, 1.82) is 0 Å². The average molecular weight is 525 g/mol. The van der Waals surface area contributed by atoms with Crippen LogP contribution in [0.1, 0.15) is 47.4 Å². The van der Waals surface area contributed by atoms with Crippen LogP contribution in [0.15, 0.2) is 29.1 Å². The minimum Gasteiger partial charge on any atom is -0.476 e. The van der Waals surface area contributed by atoms with E-state index in [2.05, 4.69) is 10.3 Å². The summed E-state index contributed by atoms with van der Waals surface area (Å²) in [5.41, 5.74) is 2.19. The number of halogens is 1. The number of carboxylic acids is 1. The predicted octanol–water partition coefficient (Wildman–Crippen LogP) is 3.22. The van der Waals surface area contributed by atoms with Crippen molar-refractivity contribution in [1.82, 2.24) is 19.4 Å². The highest BCUT2D eigenvalue weighted by Gasteiger charge is 2.35. The first-order valence-electron chi connectivity index (χ1n) is 12.4. The molecule has 0 spiro atoms. The third-order valence-corrected chi connectivity index (χ3v) is 7.24. The van der Waals surface area contributed by atoms with Crippen LogP contribution in [0.4, 0.5) is 11.6 Å². The molecule has 1 aromatic carbocycles. The predicted molar refractivity (Wildman–Crippen MR) is 141 cm³/mol. The summed E-state index contributed by atoms with van der Waals surface area (Å²) < 4.78 is 1.56. The number of hydrogen-bond acceptors (Lipinski definition) is 7. The Morgan fingerprint density at radius 1 is 1.14 bits per heavy atom. The first-order chi connectivity index (χ1) is 17.6. The smallest absolute Gasteiger partial charge is 0.356 e. The summed E-state index contributed by atoms with van der Waals surface area (Å²) in [6.45, 7) is 6.18. The van der Waals surface area contributed by atoms with Crippen LogP contribution in [0.25, 0.3) is 10.9 Å². The van der Waals surface area contributed by atoms with Gasteiger partial charge in [-0.3, -0.25) is 14.2 Å². The Kier molecular flexibility index (Phi) is 6.53. The molecule has 1 atom stereocenters. The van der Waals surface area contributed by atoms with Crippen LogP contribution in [0.3, 0.4) is 0 Å². The van der Waals surface area contributed by atoms with Crippen LogP contribution in [0.2, 0.25) is 5.15 Å². The highest BCUT2D eigenvalue weighted by Crippen LogP contribution is 2.32. The van der Waals surface area contributed by atoms with Gasteiger partial charge in [-0.2, -0.15) is 0 Å². The highest BCUT2D eigenvalue weighted by atomic mass is 35.5. The number of carboxylic acid groups (broad SMARTS) is 1. The lowest BCUT2D eigenvalue weighted by atomic mass is 10.0.